The van der Waals surface area contributed by atoms with Crippen LogP contribution in [0.25, 0.3) is 0 Å². The topological polar surface area (TPSA) is 54.5 Å². The first-order valence-electron chi connectivity index (χ1n) is 4.86. The quantitative estimate of drug-likeness (QED) is 0.475. The van der Waals surface area contributed by atoms with E-state index in [1.807, 2.05) is 20.9 Å². The van der Waals surface area contributed by atoms with Crippen molar-refractivity contribution in [3.8, 4) is 0 Å². The van der Waals surface area contributed by atoms with Gasteiger partial charge in [-0.25, -0.2) is 0 Å². The van der Waals surface area contributed by atoms with Gasteiger partial charge >= 0.3 is 0 Å². The lowest BCUT2D eigenvalue weighted by atomic mass is 10.4. The molecule has 0 fully saturated rings. The van der Waals surface area contributed by atoms with Crippen molar-refractivity contribution in [2.45, 2.75) is 32.5 Å². The second-order valence-corrected chi connectivity index (χ2v) is 3.17. The van der Waals surface area contributed by atoms with Gasteiger partial charge in [-0.1, -0.05) is 0 Å². The summed E-state index contributed by atoms with van der Waals surface area (Å²) < 4.78 is 10.2. The van der Waals surface area contributed by atoms with Crippen molar-refractivity contribution in [1.82, 2.24) is 16.0 Å². The van der Waals surface area contributed by atoms with E-state index >= 15 is 0 Å². The van der Waals surface area contributed by atoms with Gasteiger partial charge in [-0.3, -0.25) is 10.6 Å². The van der Waals surface area contributed by atoms with Crippen LogP contribution in [0, 0.1) is 0 Å². The first-order valence-corrected chi connectivity index (χ1v) is 4.86. The van der Waals surface area contributed by atoms with Crippen LogP contribution in [0.2, 0.25) is 0 Å². The molecule has 0 aliphatic rings. The molecule has 0 aliphatic heterocycles. The van der Waals surface area contributed by atoms with E-state index in [9.17, 15) is 0 Å². The lowest BCUT2D eigenvalue weighted by molar-refractivity contribution is 0.0615. The Morgan fingerprint density at radius 3 is 2.07 bits per heavy atom. The summed E-state index contributed by atoms with van der Waals surface area (Å²) in [5.41, 5.74) is 0. The molecular formula is C9H23N3O2. The Balaban J connectivity index is 3.68. The zero-order valence-electron chi connectivity index (χ0n) is 9.76. The van der Waals surface area contributed by atoms with Crippen molar-refractivity contribution in [2.24, 2.45) is 0 Å². The molecule has 3 unspecified atom stereocenters. The standard InChI is InChI=1S/C9H23N3O2/c1-7(13-4)11-6-9(10-3)12-8(2)14-5/h7-12H,6H2,1-5H3. The third-order valence-electron chi connectivity index (χ3n) is 2.10. The molecule has 0 aromatic heterocycles. The molecule has 0 saturated heterocycles. The number of hydrogen-bond acceptors (Lipinski definition) is 5. The summed E-state index contributed by atoms with van der Waals surface area (Å²) in [6, 6.07) is 0. The Kier molecular flexibility index (Phi) is 8.02. The molecule has 0 aliphatic carbocycles. The van der Waals surface area contributed by atoms with E-state index in [1.165, 1.54) is 0 Å². The average molecular weight is 205 g/mol. The molecule has 0 aromatic carbocycles. The summed E-state index contributed by atoms with van der Waals surface area (Å²) in [6.45, 7) is 4.70. The molecule has 0 amide bonds. The van der Waals surface area contributed by atoms with Crippen LogP contribution in [0.4, 0.5) is 0 Å². The normalized spacial score (nSPS) is 17.8. The summed E-state index contributed by atoms with van der Waals surface area (Å²) in [4.78, 5) is 0. The minimum atomic E-state index is 0.0344. The van der Waals surface area contributed by atoms with Gasteiger partial charge in [-0.15, -0.1) is 0 Å². The van der Waals surface area contributed by atoms with Crippen LogP contribution in [-0.2, 0) is 9.47 Å². The smallest absolute Gasteiger partial charge is 0.106 e. The highest BCUT2D eigenvalue weighted by Crippen LogP contribution is 1.86. The Bertz CT molecular complexity index is 135. The van der Waals surface area contributed by atoms with Crippen LogP contribution in [0.5, 0.6) is 0 Å². The van der Waals surface area contributed by atoms with E-state index < -0.39 is 0 Å². The molecule has 0 bridgehead atoms. The molecule has 0 saturated carbocycles. The maximum absolute atomic E-state index is 5.11. The number of hydrogen-bond donors (Lipinski definition) is 3. The minimum absolute atomic E-state index is 0.0344. The monoisotopic (exact) mass is 205 g/mol. The molecule has 14 heavy (non-hydrogen) atoms. The van der Waals surface area contributed by atoms with Crippen molar-refractivity contribution in [1.29, 1.82) is 0 Å². The largest absolute Gasteiger partial charge is 0.367 e. The van der Waals surface area contributed by atoms with E-state index in [2.05, 4.69) is 16.0 Å². The fraction of sp³-hybridized carbons (Fsp3) is 1.00. The SMILES string of the molecule is CNC(CNC(C)OC)NC(C)OC. The van der Waals surface area contributed by atoms with E-state index in [0.29, 0.717) is 0 Å². The highest BCUT2D eigenvalue weighted by molar-refractivity contribution is 4.66. The summed E-state index contributed by atoms with van der Waals surface area (Å²) in [7, 11) is 5.26. The predicted octanol–water partition coefficient (Wildman–Crippen LogP) is -0.304. The summed E-state index contributed by atoms with van der Waals surface area (Å²) in [5, 5.41) is 9.59. The lowest BCUT2D eigenvalue weighted by Crippen LogP contribution is -2.52. The Morgan fingerprint density at radius 1 is 1.07 bits per heavy atom. The molecule has 0 radical (unpaired) electrons. The molecule has 3 N–H and O–H groups in total. The van der Waals surface area contributed by atoms with Crippen molar-refractivity contribution < 1.29 is 9.47 Å². The predicted molar refractivity (Wildman–Crippen MR) is 56.9 cm³/mol. The maximum Gasteiger partial charge on any atom is 0.106 e. The van der Waals surface area contributed by atoms with Gasteiger partial charge in [0.15, 0.2) is 0 Å². The van der Waals surface area contributed by atoms with Crippen LogP contribution >= 0.6 is 0 Å². The second-order valence-electron chi connectivity index (χ2n) is 3.17. The fourth-order valence-corrected chi connectivity index (χ4v) is 0.963. The van der Waals surface area contributed by atoms with Crippen LogP contribution in [0.15, 0.2) is 0 Å². The third-order valence-corrected chi connectivity index (χ3v) is 2.10. The summed E-state index contributed by atoms with van der Waals surface area (Å²) in [5.74, 6) is 0. The molecule has 0 heterocycles. The van der Waals surface area contributed by atoms with E-state index in [1.54, 1.807) is 14.2 Å². The van der Waals surface area contributed by atoms with Gasteiger partial charge in [0.25, 0.3) is 0 Å². The Hall–Kier alpha value is -0.200. The van der Waals surface area contributed by atoms with E-state index in [4.69, 9.17) is 9.47 Å². The molecule has 5 nitrogen and oxygen atoms in total. The zero-order chi connectivity index (χ0) is 11.0. The van der Waals surface area contributed by atoms with Gasteiger partial charge in [-0.05, 0) is 20.9 Å². The first-order chi connectivity index (χ1) is 6.63. The zero-order valence-corrected chi connectivity index (χ0v) is 9.76. The van der Waals surface area contributed by atoms with Crippen molar-refractivity contribution in [3.05, 3.63) is 0 Å². The fourth-order valence-electron chi connectivity index (χ4n) is 0.963. The van der Waals surface area contributed by atoms with Crippen LogP contribution < -0.4 is 16.0 Å². The van der Waals surface area contributed by atoms with Gasteiger partial charge in [0, 0.05) is 20.8 Å². The van der Waals surface area contributed by atoms with Gasteiger partial charge in [0.1, 0.15) is 12.5 Å². The van der Waals surface area contributed by atoms with Gasteiger partial charge < -0.3 is 14.8 Å². The van der Waals surface area contributed by atoms with Crippen LogP contribution in [0.1, 0.15) is 13.8 Å². The number of nitrogens with one attached hydrogen (secondary N) is 3. The van der Waals surface area contributed by atoms with Gasteiger partial charge in [-0.2, -0.15) is 0 Å². The Morgan fingerprint density at radius 2 is 1.64 bits per heavy atom. The molecule has 3 atom stereocenters. The highest BCUT2D eigenvalue weighted by Gasteiger charge is 2.09. The molecule has 0 spiro atoms. The third kappa shape index (κ3) is 6.28. The maximum atomic E-state index is 5.11. The highest BCUT2D eigenvalue weighted by atomic mass is 16.5. The molecule has 5 heteroatoms. The van der Waals surface area contributed by atoms with Crippen molar-refractivity contribution >= 4 is 0 Å². The van der Waals surface area contributed by atoms with Gasteiger partial charge in [0.2, 0.25) is 0 Å². The number of likely N-dealkylation sites (N-methyl/N-ethyl adjacent to an activating group) is 1. The van der Waals surface area contributed by atoms with E-state index in [0.717, 1.165) is 6.54 Å². The van der Waals surface area contributed by atoms with Crippen LogP contribution in [-0.4, -0.2) is 46.4 Å². The molecule has 86 valence electrons. The minimum Gasteiger partial charge on any atom is -0.367 e. The molecule has 0 aromatic rings. The number of rotatable bonds is 8. The summed E-state index contributed by atoms with van der Waals surface area (Å²) >= 11 is 0. The Labute approximate surface area is 86.5 Å². The average Bonchev–Trinajstić information content (AvgIpc) is 2.22. The van der Waals surface area contributed by atoms with Gasteiger partial charge in [0.05, 0.1) is 6.17 Å². The molecular weight excluding hydrogens is 182 g/mol. The second kappa shape index (κ2) is 8.14. The molecule has 0 rings (SSSR count). The van der Waals surface area contributed by atoms with Crippen LogP contribution in [0.3, 0.4) is 0 Å². The lowest BCUT2D eigenvalue weighted by Gasteiger charge is -2.23. The number of methoxy groups -OCH3 is 2. The number of ether oxygens (including phenoxy) is 2. The van der Waals surface area contributed by atoms with Crippen molar-refractivity contribution in [3.63, 3.8) is 0 Å². The first kappa shape index (κ1) is 13.8. The van der Waals surface area contributed by atoms with Crippen molar-refractivity contribution in [2.75, 3.05) is 27.8 Å². The van der Waals surface area contributed by atoms with E-state index in [-0.39, 0.29) is 18.6 Å². The summed E-state index contributed by atoms with van der Waals surface area (Å²) in [6.07, 6.45) is 0.264.